The number of hydrogen-bond donors (Lipinski definition) is 1. The summed E-state index contributed by atoms with van der Waals surface area (Å²) in [5.41, 5.74) is 0.613. The number of halogens is 2. The van der Waals surface area contributed by atoms with Gasteiger partial charge in [0.1, 0.15) is 11.6 Å². The average molecular weight is 254 g/mol. The van der Waals surface area contributed by atoms with E-state index in [0.29, 0.717) is 18.0 Å². The molecule has 1 N–H and O–H groups in total. The Balaban J connectivity index is 1.95. The standard InChI is InChI=1S/C14H20F2N2/c1-10-6-13(16)14(7-12(10)15)17-8-11-4-3-5-18(2)9-11/h6-7,11,17H,3-5,8-9H2,1-2H3. The molecule has 0 saturated carbocycles. The van der Waals surface area contributed by atoms with Gasteiger partial charge < -0.3 is 10.2 Å². The SMILES string of the molecule is Cc1cc(F)c(NCC2CCCN(C)C2)cc1F. The van der Waals surface area contributed by atoms with Crippen molar-refractivity contribution in [2.75, 3.05) is 32.0 Å². The van der Waals surface area contributed by atoms with E-state index in [-0.39, 0.29) is 17.3 Å². The Bertz CT molecular complexity index is 421. The van der Waals surface area contributed by atoms with Crippen LogP contribution in [0, 0.1) is 24.5 Å². The number of rotatable bonds is 3. The Hall–Kier alpha value is -1.16. The maximum absolute atomic E-state index is 13.6. The molecule has 0 radical (unpaired) electrons. The predicted molar refractivity (Wildman–Crippen MR) is 69.8 cm³/mol. The highest BCUT2D eigenvalue weighted by Gasteiger charge is 2.17. The summed E-state index contributed by atoms with van der Waals surface area (Å²) >= 11 is 0. The molecule has 0 bridgehead atoms. The first-order valence-corrected chi connectivity index (χ1v) is 6.44. The van der Waals surface area contributed by atoms with E-state index >= 15 is 0 Å². The quantitative estimate of drug-likeness (QED) is 0.892. The Morgan fingerprint density at radius 1 is 1.33 bits per heavy atom. The van der Waals surface area contributed by atoms with Crippen LogP contribution in [0.15, 0.2) is 12.1 Å². The number of benzene rings is 1. The largest absolute Gasteiger partial charge is 0.382 e. The molecule has 0 aromatic heterocycles. The van der Waals surface area contributed by atoms with E-state index in [4.69, 9.17) is 0 Å². The fourth-order valence-corrected chi connectivity index (χ4v) is 2.48. The van der Waals surface area contributed by atoms with Crippen molar-refractivity contribution in [2.24, 2.45) is 5.92 Å². The molecule has 18 heavy (non-hydrogen) atoms. The fraction of sp³-hybridized carbons (Fsp3) is 0.571. The van der Waals surface area contributed by atoms with E-state index in [0.717, 1.165) is 19.5 Å². The minimum Gasteiger partial charge on any atom is -0.382 e. The minimum atomic E-state index is -0.377. The summed E-state index contributed by atoms with van der Waals surface area (Å²) in [4.78, 5) is 2.28. The zero-order chi connectivity index (χ0) is 13.1. The number of anilines is 1. The van der Waals surface area contributed by atoms with Crippen molar-refractivity contribution < 1.29 is 8.78 Å². The lowest BCUT2D eigenvalue weighted by Crippen LogP contribution is -2.35. The molecular formula is C14H20F2N2. The van der Waals surface area contributed by atoms with E-state index in [1.807, 2.05) is 0 Å². The molecule has 1 saturated heterocycles. The van der Waals surface area contributed by atoms with Crippen molar-refractivity contribution in [3.8, 4) is 0 Å². The molecular weight excluding hydrogens is 234 g/mol. The zero-order valence-corrected chi connectivity index (χ0v) is 11.0. The number of aryl methyl sites for hydroxylation is 1. The summed E-state index contributed by atoms with van der Waals surface area (Å²) in [5.74, 6) is -0.231. The van der Waals surface area contributed by atoms with Gasteiger partial charge in [0, 0.05) is 19.2 Å². The van der Waals surface area contributed by atoms with Gasteiger partial charge in [-0.05, 0) is 50.9 Å². The number of nitrogens with zero attached hydrogens (tertiary/aromatic N) is 1. The Kier molecular flexibility index (Phi) is 4.17. The Labute approximate surface area is 107 Å². The predicted octanol–water partition coefficient (Wildman–Crippen LogP) is 3.03. The molecule has 2 rings (SSSR count). The van der Waals surface area contributed by atoms with Gasteiger partial charge in [-0.15, -0.1) is 0 Å². The first-order chi connectivity index (χ1) is 8.56. The molecule has 0 amide bonds. The van der Waals surface area contributed by atoms with E-state index in [2.05, 4.69) is 17.3 Å². The van der Waals surface area contributed by atoms with Crippen LogP contribution in [0.2, 0.25) is 0 Å². The molecule has 1 unspecified atom stereocenters. The van der Waals surface area contributed by atoms with Gasteiger partial charge >= 0.3 is 0 Å². The van der Waals surface area contributed by atoms with Crippen LogP contribution in [0.1, 0.15) is 18.4 Å². The summed E-state index contributed by atoms with van der Waals surface area (Å²) in [5, 5.41) is 3.03. The highest BCUT2D eigenvalue weighted by molar-refractivity contribution is 5.46. The normalized spacial score (nSPS) is 21.0. The van der Waals surface area contributed by atoms with Crippen LogP contribution >= 0.6 is 0 Å². The minimum absolute atomic E-state index is 0.270. The number of piperidine rings is 1. The molecule has 1 aliphatic heterocycles. The maximum Gasteiger partial charge on any atom is 0.146 e. The van der Waals surface area contributed by atoms with Gasteiger partial charge in [0.2, 0.25) is 0 Å². The van der Waals surface area contributed by atoms with Crippen molar-refractivity contribution in [3.63, 3.8) is 0 Å². The van der Waals surface area contributed by atoms with Crippen LogP contribution in [0.5, 0.6) is 0 Å². The second-order valence-electron chi connectivity index (χ2n) is 5.23. The third-order valence-electron chi connectivity index (χ3n) is 3.55. The summed E-state index contributed by atoms with van der Waals surface area (Å²) < 4.78 is 27.0. The molecule has 1 aliphatic rings. The number of likely N-dealkylation sites (tertiary alicyclic amines) is 1. The number of hydrogen-bond acceptors (Lipinski definition) is 2. The molecule has 0 aliphatic carbocycles. The third-order valence-corrected chi connectivity index (χ3v) is 3.55. The molecule has 1 fully saturated rings. The van der Waals surface area contributed by atoms with Crippen molar-refractivity contribution in [2.45, 2.75) is 19.8 Å². The highest BCUT2D eigenvalue weighted by atomic mass is 19.1. The van der Waals surface area contributed by atoms with E-state index in [9.17, 15) is 8.78 Å². The highest BCUT2D eigenvalue weighted by Crippen LogP contribution is 2.21. The Morgan fingerprint density at radius 3 is 2.83 bits per heavy atom. The van der Waals surface area contributed by atoms with E-state index in [1.165, 1.54) is 18.6 Å². The average Bonchev–Trinajstić information content (AvgIpc) is 2.32. The number of nitrogens with one attached hydrogen (secondary N) is 1. The van der Waals surface area contributed by atoms with Crippen LogP contribution < -0.4 is 5.32 Å². The lowest BCUT2D eigenvalue weighted by atomic mass is 9.98. The summed E-state index contributed by atoms with van der Waals surface area (Å²) in [7, 11) is 2.10. The van der Waals surface area contributed by atoms with Gasteiger partial charge in [-0.3, -0.25) is 0 Å². The summed E-state index contributed by atoms with van der Waals surface area (Å²) in [6, 6.07) is 2.49. The van der Waals surface area contributed by atoms with Gasteiger partial charge in [-0.1, -0.05) is 0 Å². The smallest absolute Gasteiger partial charge is 0.146 e. The molecule has 2 nitrogen and oxygen atoms in total. The monoisotopic (exact) mass is 254 g/mol. The summed E-state index contributed by atoms with van der Waals surface area (Å²) in [6.07, 6.45) is 2.32. The lowest BCUT2D eigenvalue weighted by molar-refractivity contribution is 0.217. The van der Waals surface area contributed by atoms with Crippen LogP contribution in [0.25, 0.3) is 0 Å². The molecule has 0 spiro atoms. The third kappa shape index (κ3) is 3.19. The topological polar surface area (TPSA) is 15.3 Å². The second kappa shape index (κ2) is 5.65. The van der Waals surface area contributed by atoms with Gasteiger partial charge in [0.25, 0.3) is 0 Å². The van der Waals surface area contributed by atoms with Crippen molar-refractivity contribution in [1.29, 1.82) is 0 Å². The molecule has 100 valence electrons. The van der Waals surface area contributed by atoms with Crippen molar-refractivity contribution >= 4 is 5.69 Å². The Morgan fingerprint density at radius 2 is 2.11 bits per heavy atom. The fourth-order valence-electron chi connectivity index (χ4n) is 2.48. The van der Waals surface area contributed by atoms with Crippen LogP contribution in [-0.2, 0) is 0 Å². The molecule has 1 aromatic carbocycles. The van der Waals surface area contributed by atoms with Crippen molar-refractivity contribution in [3.05, 3.63) is 29.3 Å². The molecule has 1 aromatic rings. The zero-order valence-electron chi connectivity index (χ0n) is 11.0. The maximum atomic E-state index is 13.6. The second-order valence-corrected chi connectivity index (χ2v) is 5.23. The first-order valence-electron chi connectivity index (χ1n) is 6.44. The van der Waals surface area contributed by atoms with E-state index in [1.54, 1.807) is 6.92 Å². The van der Waals surface area contributed by atoms with Crippen LogP contribution in [-0.4, -0.2) is 31.6 Å². The summed E-state index contributed by atoms with van der Waals surface area (Å²) in [6.45, 7) is 4.41. The molecule has 1 heterocycles. The van der Waals surface area contributed by atoms with Crippen LogP contribution in [0.3, 0.4) is 0 Å². The molecule has 4 heteroatoms. The van der Waals surface area contributed by atoms with Crippen molar-refractivity contribution in [1.82, 2.24) is 4.90 Å². The van der Waals surface area contributed by atoms with Crippen LogP contribution in [0.4, 0.5) is 14.5 Å². The van der Waals surface area contributed by atoms with Gasteiger partial charge in [0.05, 0.1) is 5.69 Å². The van der Waals surface area contributed by atoms with Gasteiger partial charge in [-0.2, -0.15) is 0 Å². The van der Waals surface area contributed by atoms with Gasteiger partial charge in [0.15, 0.2) is 0 Å². The molecule has 1 atom stereocenters. The van der Waals surface area contributed by atoms with E-state index < -0.39 is 0 Å². The van der Waals surface area contributed by atoms with Gasteiger partial charge in [-0.25, -0.2) is 8.78 Å². The first kappa shape index (κ1) is 13.3. The lowest BCUT2D eigenvalue weighted by Gasteiger charge is -2.30.